The fourth-order valence-electron chi connectivity index (χ4n) is 6.11. The molecule has 14 heteroatoms. The minimum absolute atomic E-state index is 0.00735. The molecule has 1 aliphatic rings. The van der Waals surface area contributed by atoms with Gasteiger partial charge in [0.25, 0.3) is 5.91 Å². The molecule has 2 amide bonds. The summed E-state index contributed by atoms with van der Waals surface area (Å²) in [5.74, 6) is 0.0996. The van der Waals surface area contributed by atoms with Crippen LogP contribution in [-0.2, 0) is 11.0 Å². The molecule has 0 aliphatic heterocycles. The van der Waals surface area contributed by atoms with E-state index in [2.05, 4.69) is 21.8 Å². The number of amides is 2. The summed E-state index contributed by atoms with van der Waals surface area (Å²) in [7, 11) is 5.85. The molecule has 0 radical (unpaired) electrons. The number of carbonyl (C=O) groups excluding carboxylic acids is 2. The van der Waals surface area contributed by atoms with Gasteiger partial charge in [-0.1, -0.05) is 6.07 Å². The summed E-state index contributed by atoms with van der Waals surface area (Å²) in [6.07, 6.45) is -0.135. The van der Waals surface area contributed by atoms with Crippen molar-refractivity contribution in [2.24, 2.45) is 5.92 Å². The number of nitrogens with one attached hydrogen (secondary N) is 2. The number of imidazole rings is 1. The number of carbonyl (C=O) groups is 2. The van der Waals surface area contributed by atoms with Crippen LogP contribution in [-0.4, -0.2) is 75.6 Å². The number of hydrogen-bond acceptors (Lipinski definition) is 5. The molecule has 0 spiro atoms. The number of halogens is 3. The smallest absolute Gasteiger partial charge is 0.348 e. The van der Waals surface area contributed by atoms with Gasteiger partial charge in [-0.3, -0.25) is 9.36 Å². The zero-order valence-corrected chi connectivity index (χ0v) is 27.2. The predicted molar refractivity (Wildman–Crippen MR) is 173 cm³/mol. The quantitative estimate of drug-likeness (QED) is 0.266. The van der Waals surface area contributed by atoms with E-state index in [0.717, 1.165) is 47.0 Å². The highest BCUT2D eigenvalue weighted by atomic mass is 19.4. The van der Waals surface area contributed by atoms with Crippen LogP contribution >= 0.6 is 0 Å². The highest BCUT2D eigenvalue weighted by molar-refractivity contribution is 5.83. The van der Waals surface area contributed by atoms with Crippen LogP contribution in [0.5, 0.6) is 0 Å². The number of nitriles is 1. The summed E-state index contributed by atoms with van der Waals surface area (Å²) in [5, 5.41) is 19.6. The van der Waals surface area contributed by atoms with E-state index in [9.17, 15) is 32.8 Å². The maximum absolute atomic E-state index is 14.0. The molecule has 2 aromatic heterocycles. The van der Waals surface area contributed by atoms with Crippen molar-refractivity contribution in [3.05, 3.63) is 88.1 Å². The van der Waals surface area contributed by atoms with Crippen LogP contribution in [0.2, 0.25) is 0 Å². The van der Waals surface area contributed by atoms with Gasteiger partial charge >= 0.3 is 17.9 Å². The van der Waals surface area contributed by atoms with Gasteiger partial charge in [-0.15, -0.1) is 0 Å². The van der Waals surface area contributed by atoms with Gasteiger partial charge in [-0.05, 0) is 87.1 Å². The molecule has 5 rings (SSSR count). The van der Waals surface area contributed by atoms with E-state index < -0.39 is 23.5 Å². The van der Waals surface area contributed by atoms with Crippen LogP contribution in [0.4, 0.5) is 18.0 Å². The van der Waals surface area contributed by atoms with E-state index in [1.807, 2.05) is 21.1 Å². The van der Waals surface area contributed by atoms with E-state index in [1.54, 1.807) is 37.3 Å². The number of quaternary nitrogens is 1. The lowest BCUT2D eigenvalue weighted by Crippen LogP contribution is -2.48. The largest absolute Gasteiger partial charge is 0.416 e. The van der Waals surface area contributed by atoms with Gasteiger partial charge < -0.3 is 15.1 Å². The Morgan fingerprint density at radius 3 is 2.33 bits per heavy atom. The van der Waals surface area contributed by atoms with Crippen molar-refractivity contribution in [2.75, 3.05) is 34.2 Å². The third-order valence-corrected chi connectivity index (χ3v) is 8.42. The van der Waals surface area contributed by atoms with Crippen LogP contribution in [0.15, 0.2) is 65.6 Å². The zero-order valence-electron chi connectivity index (χ0n) is 27.2. The highest BCUT2D eigenvalue weighted by Crippen LogP contribution is 2.32. The molecule has 0 saturated heterocycles. The minimum atomic E-state index is -4.64. The molecule has 2 heterocycles. The van der Waals surface area contributed by atoms with Crippen molar-refractivity contribution in [3.8, 4) is 28.8 Å². The topological polar surface area (TPSA) is 127 Å². The van der Waals surface area contributed by atoms with Gasteiger partial charge in [0, 0.05) is 12.6 Å². The average molecular weight is 664 g/mol. The Labute approximate surface area is 275 Å². The van der Waals surface area contributed by atoms with Crippen LogP contribution in [0.25, 0.3) is 22.8 Å². The average Bonchev–Trinajstić information content (AvgIpc) is 3.61. The van der Waals surface area contributed by atoms with Crippen molar-refractivity contribution >= 4 is 11.9 Å². The number of nitrogens with zero attached hydrogens (tertiary/aromatic N) is 6. The lowest BCUT2D eigenvalue weighted by atomic mass is 9.86. The summed E-state index contributed by atoms with van der Waals surface area (Å²) in [6.45, 7) is 2.20. The number of rotatable bonds is 8. The van der Waals surface area contributed by atoms with Crippen LogP contribution in [0, 0.1) is 24.2 Å². The molecule has 0 atom stereocenters. The van der Waals surface area contributed by atoms with Gasteiger partial charge in [0.05, 0.1) is 67.3 Å². The van der Waals surface area contributed by atoms with Gasteiger partial charge in [0.15, 0.2) is 6.54 Å². The van der Waals surface area contributed by atoms with Crippen LogP contribution in [0.1, 0.15) is 42.5 Å². The lowest BCUT2D eigenvalue weighted by Gasteiger charge is -2.30. The van der Waals surface area contributed by atoms with Gasteiger partial charge in [0.1, 0.15) is 5.69 Å². The van der Waals surface area contributed by atoms with Crippen LogP contribution in [0.3, 0.4) is 0 Å². The van der Waals surface area contributed by atoms with Crippen LogP contribution < -0.4 is 16.3 Å². The van der Waals surface area contributed by atoms with Gasteiger partial charge in [-0.2, -0.15) is 23.5 Å². The third-order valence-electron chi connectivity index (χ3n) is 8.42. The lowest BCUT2D eigenvalue weighted by molar-refractivity contribution is -0.862. The first-order chi connectivity index (χ1) is 22.7. The Kier molecular flexibility index (Phi) is 9.63. The molecular formula is C34H38F3N8O3+. The number of hydrogen-bond donors (Lipinski definition) is 2. The minimum Gasteiger partial charge on any atom is -0.348 e. The molecule has 2 aromatic carbocycles. The summed E-state index contributed by atoms with van der Waals surface area (Å²) < 4.78 is 44.9. The molecule has 4 aromatic rings. The second-order valence-electron chi connectivity index (χ2n) is 13.1. The molecular weight excluding hydrogens is 625 g/mol. The maximum Gasteiger partial charge on any atom is 0.416 e. The number of likely N-dealkylation sites (N-methyl/N-ethyl adjacent to an activating group) is 1. The Bertz CT molecular complexity index is 1900. The second-order valence-corrected chi connectivity index (χ2v) is 13.1. The fraction of sp³-hybridized carbons (Fsp3) is 0.382. The zero-order chi connectivity index (χ0) is 34.8. The monoisotopic (exact) mass is 663 g/mol. The van der Waals surface area contributed by atoms with Crippen molar-refractivity contribution in [3.63, 3.8) is 0 Å². The summed E-state index contributed by atoms with van der Waals surface area (Å²) in [6, 6.07) is 13.9. The summed E-state index contributed by atoms with van der Waals surface area (Å²) in [5.41, 5.74) is -0.112. The molecule has 1 saturated carbocycles. The Hall–Kier alpha value is -5.16. The molecule has 0 unspecified atom stereocenters. The standard InChI is InChI=1S/C34H37F3N8O3/c1-22-31(29-16-17-40-44(29)27-14-10-23(19-38)11-15-27)43(33(48)42(22)28-7-5-6-25(18-28)34(35,36)37)32(47)39-20-24-8-12-26(13-9-24)41-30(46)21-45(2,3)4/h5-7,10-11,14-18,24,26H,8-9,12-13,20-21H2,1-4H3,(H-,39,41,46,47)/p+1. The van der Waals surface area contributed by atoms with Gasteiger partial charge in [0.2, 0.25) is 0 Å². The van der Waals surface area contributed by atoms with E-state index >= 15 is 0 Å². The summed E-state index contributed by atoms with van der Waals surface area (Å²) in [4.78, 5) is 40.3. The fourth-order valence-corrected chi connectivity index (χ4v) is 6.11. The number of aromatic nitrogens is 4. The van der Waals surface area contributed by atoms with E-state index in [1.165, 1.54) is 23.0 Å². The first-order valence-corrected chi connectivity index (χ1v) is 15.6. The van der Waals surface area contributed by atoms with E-state index in [-0.39, 0.29) is 41.5 Å². The van der Waals surface area contributed by atoms with Crippen molar-refractivity contribution < 1.29 is 27.2 Å². The Morgan fingerprint density at radius 1 is 1.02 bits per heavy atom. The highest BCUT2D eigenvalue weighted by Gasteiger charge is 2.32. The second kappa shape index (κ2) is 13.5. The van der Waals surface area contributed by atoms with Crippen molar-refractivity contribution in [1.82, 2.24) is 29.5 Å². The van der Waals surface area contributed by atoms with E-state index in [0.29, 0.717) is 28.0 Å². The van der Waals surface area contributed by atoms with E-state index in [4.69, 9.17) is 0 Å². The first-order valence-electron chi connectivity index (χ1n) is 15.6. The molecule has 11 nitrogen and oxygen atoms in total. The normalized spacial score (nSPS) is 16.7. The molecule has 2 N–H and O–H groups in total. The molecule has 1 aliphatic carbocycles. The first kappa shape index (κ1) is 34.2. The number of alkyl halides is 3. The maximum atomic E-state index is 14.0. The molecule has 252 valence electrons. The predicted octanol–water partition coefficient (Wildman–Crippen LogP) is 4.63. The van der Waals surface area contributed by atoms with Gasteiger partial charge in [-0.25, -0.2) is 18.8 Å². The molecule has 1 fully saturated rings. The summed E-state index contributed by atoms with van der Waals surface area (Å²) >= 11 is 0. The number of benzene rings is 2. The Morgan fingerprint density at radius 2 is 1.71 bits per heavy atom. The third kappa shape index (κ3) is 7.52. The van der Waals surface area contributed by atoms with Crippen molar-refractivity contribution in [2.45, 2.75) is 44.8 Å². The molecule has 48 heavy (non-hydrogen) atoms. The SMILES string of the molecule is Cc1c(-c2ccnn2-c2ccc(C#N)cc2)n(C(=O)NCC2CCC(NC(=O)C[N+](C)(C)C)CC2)c(=O)n1-c1cccc(C(F)(F)F)c1. The Balaban J connectivity index is 1.45. The van der Waals surface area contributed by atoms with Crippen molar-refractivity contribution in [1.29, 1.82) is 5.26 Å². The molecule has 0 bridgehead atoms.